The molecule has 1 aliphatic heterocycles. The summed E-state index contributed by atoms with van der Waals surface area (Å²) in [6.07, 6.45) is 1.34. The van der Waals surface area contributed by atoms with Crippen LogP contribution >= 0.6 is 0 Å². The third-order valence-corrected chi connectivity index (χ3v) is 6.05. The maximum absolute atomic E-state index is 14.5. The third-order valence-electron chi connectivity index (χ3n) is 6.05. The summed E-state index contributed by atoms with van der Waals surface area (Å²) in [5.41, 5.74) is 1.96. The zero-order valence-corrected chi connectivity index (χ0v) is 19.1. The summed E-state index contributed by atoms with van der Waals surface area (Å²) in [7, 11) is 2.06. The number of halogens is 1. The van der Waals surface area contributed by atoms with Crippen molar-refractivity contribution in [2.45, 2.75) is 52.1 Å². The van der Waals surface area contributed by atoms with Gasteiger partial charge in [0.2, 0.25) is 5.91 Å². The van der Waals surface area contributed by atoms with E-state index < -0.39 is 11.6 Å². The average molecular weight is 440 g/mol. The van der Waals surface area contributed by atoms with Gasteiger partial charge in [0.05, 0.1) is 12.1 Å². The molecule has 7 nitrogen and oxygen atoms in total. The first-order chi connectivity index (χ1) is 15.2. The predicted molar refractivity (Wildman–Crippen MR) is 124 cm³/mol. The van der Waals surface area contributed by atoms with Gasteiger partial charge in [0.15, 0.2) is 5.78 Å². The van der Waals surface area contributed by atoms with Crippen molar-refractivity contribution < 1.29 is 14.0 Å². The molecule has 32 heavy (non-hydrogen) atoms. The standard InChI is InChI=1S/C24H30FN5O2/c1-15-12-21(30(26-4)20-9-7-6-8-19(20)25)24(27-17(15)3)22(31)14-23(32)28-18-10-11-29(5)16(2)13-18/h6-9,12,16,18H,4,10-11,13-14H2,1-3,5H3,(H,28,32). The third kappa shape index (κ3) is 5.19. The monoisotopic (exact) mass is 439 g/mol. The first-order valence-electron chi connectivity index (χ1n) is 10.7. The Kier molecular flexibility index (Phi) is 7.35. The van der Waals surface area contributed by atoms with Gasteiger partial charge in [-0.25, -0.2) is 14.4 Å². The molecule has 1 saturated heterocycles. The average Bonchev–Trinajstić information content (AvgIpc) is 2.74. The van der Waals surface area contributed by atoms with Gasteiger partial charge >= 0.3 is 0 Å². The van der Waals surface area contributed by atoms with Gasteiger partial charge in [0, 0.05) is 31.0 Å². The number of aryl methyl sites for hydroxylation is 2. The van der Waals surface area contributed by atoms with Gasteiger partial charge in [-0.3, -0.25) is 9.59 Å². The van der Waals surface area contributed by atoms with Crippen LogP contribution in [0.1, 0.15) is 47.9 Å². The van der Waals surface area contributed by atoms with E-state index >= 15 is 0 Å². The van der Waals surface area contributed by atoms with E-state index in [9.17, 15) is 14.0 Å². The van der Waals surface area contributed by atoms with Crippen LogP contribution in [-0.4, -0.2) is 54.0 Å². The van der Waals surface area contributed by atoms with Crippen LogP contribution in [0, 0.1) is 19.7 Å². The number of hydrogen-bond donors (Lipinski definition) is 1. The van der Waals surface area contributed by atoms with Crippen molar-refractivity contribution in [3.05, 3.63) is 53.1 Å². The van der Waals surface area contributed by atoms with Crippen LogP contribution in [0.5, 0.6) is 0 Å². The number of Topliss-reactive ketones (excluding diaryl/α,β-unsaturated/α-hetero) is 1. The van der Waals surface area contributed by atoms with Crippen LogP contribution in [-0.2, 0) is 4.79 Å². The number of piperidine rings is 1. The zero-order chi connectivity index (χ0) is 23.4. The highest BCUT2D eigenvalue weighted by Gasteiger charge is 2.27. The second-order valence-corrected chi connectivity index (χ2v) is 8.38. The van der Waals surface area contributed by atoms with Crippen molar-refractivity contribution in [3.8, 4) is 0 Å². The van der Waals surface area contributed by atoms with E-state index in [1.54, 1.807) is 31.2 Å². The number of hydrazone groups is 1. The van der Waals surface area contributed by atoms with Crippen LogP contribution < -0.4 is 10.3 Å². The highest BCUT2D eigenvalue weighted by Crippen LogP contribution is 2.32. The van der Waals surface area contributed by atoms with Gasteiger partial charge in [-0.2, -0.15) is 5.10 Å². The van der Waals surface area contributed by atoms with Crippen LogP contribution in [0.3, 0.4) is 0 Å². The number of amides is 1. The fourth-order valence-electron chi connectivity index (χ4n) is 3.89. The van der Waals surface area contributed by atoms with E-state index in [2.05, 4.69) is 41.0 Å². The van der Waals surface area contributed by atoms with Crippen LogP contribution in [0.15, 0.2) is 35.4 Å². The number of hydrogen-bond acceptors (Lipinski definition) is 6. The lowest BCUT2D eigenvalue weighted by Crippen LogP contribution is -2.47. The highest BCUT2D eigenvalue weighted by atomic mass is 19.1. The molecule has 2 aromatic rings. The Hall–Kier alpha value is -3.13. The van der Waals surface area contributed by atoms with E-state index in [1.165, 1.54) is 11.1 Å². The number of carbonyl (C=O) groups is 2. The van der Waals surface area contributed by atoms with E-state index in [0.29, 0.717) is 17.4 Å². The quantitative estimate of drug-likeness (QED) is 0.308. The highest BCUT2D eigenvalue weighted by molar-refractivity contribution is 6.09. The van der Waals surface area contributed by atoms with E-state index in [-0.39, 0.29) is 29.8 Å². The summed E-state index contributed by atoms with van der Waals surface area (Å²) in [6.45, 7) is 10.2. The van der Waals surface area contributed by atoms with Gasteiger partial charge in [0.25, 0.3) is 0 Å². The van der Waals surface area contributed by atoms with Gasteiger partial charge in [-0.1, -0.05) is 12.1 Å². The molecule has 0 aliphatic carbocycles. The summed E-state index contributed by atoms with van der Waals surface area (Å²) >= 11 is 0. The number of nitrogens with zero attached hydrogens (tertiary/aromatic N) is 4. The molecule has 0 radical (unpaired) electrons. The number of nitrogens with one attached hydrogen (secondary N) is 1. The molecule has 1 aromatic heterocycles. The molecule has 1 aliphatic rings. The second-order valence-electron chi connectivity index (χ2n) is 8.38. The van der Waals surface area contributed by atoms with Crippen LogP contribution in [0.4, 0.5) is 15.8 Å². The number of para-hydroxylation sites is 1. The minimum atomic E-state index is -0.509. The summed E-state index contributed by atoms with van der Waals surface area (Å²) < 4.78 is 14.5. The van der Waals surface area contributed by atoms with Crippen molar-refractivity contribution >= 4 is 29.8 Å². The van der Waals surface area contributed by atoms with Crippen molar-refractivity contribution in [2.75, 3.05) is 18.6 Å². The number of carbonyl (C=O) groups excluding carboxylic acids is 2. The fourth-order valence-corrected chi connectivity index (χ4v) is 3.89. The van der Waals surface area contributed by atoms with Crippen molar-refractivity contribution in [3.63, 3.8) is 0 Å². The molecule has 1 amide bonds. The summed E-state index contributed by atoms with van der Waals surface area (Å²) in [5.74, 6) is -1.30. The first-order valence-corrected chi connectivity index (χ1v) is 10.7. The van der Waals surface area contributed by atoms with Crippen molar-refractivity contribution in [2.24, 2.45) is 5.10 Å². The molecule has 0 bridgehead atoms. The van der Waals surface area contributed by atoms with Crippen LogP contribution in [0.2, 0.25) is 0 Å². The molecule has 2 heterocycles. The lowest BCUT2D eigenvalue weighted by Gasteiger charge is -2.35. The van der Waals surface area contributed by atoms with Gasteiger partial charge in [0.1, 0.15) is 17.2 Å². The number of aromatic nitrogens is 1. The van der Waals surface area contributed by atoms with Gasteiger partial charge < -0.3 is 10.2 Å². The number of ketones is 1. The minimum absolute atomic E-state index is 0.0402. The molecular weight excluding hydrogens is 409 g/mol. The Morgan fingerprint density at radius 2 is 2.03 bits per heavy atom. The van der Waals surface area contributed by atoms with Gasteiger partial charge in [-0.15, -0.1) is 0 Å². The summed E-state index contributed by atoms with van der Waals surface area (Å²) in [5, 5.41) is 8.16. The summed E-state index contributed by atoms with van der Waals surface area (Å²) in [4.78, 5) is 32.4. The number of benzene rings is 1. The Balaban J connectivity index is 1.84. The molecule has 0 saturated carbocycles. The molecule has 2 unspecified atom stereocenters. The molecule has 1 aromatic carbocycles. The van der Waals surface area contributed by atoms with Crippen molar-refractivity contribution in [1.82, 2.24) is 15.2 Å². The number of rotatable bonds is 7. The molecular formula is C24H30FN5O2. The maximum atomic E-state index is 14.5. The Morgan fingerprint density at radius 1 is 1.31 bits per heavy atom. The first kappa shape index (κ1) is 23.5. The lowest BCUT2D eigenvalue weighted by molar-refractivity contribution is -0.121. The SMILES string of the molecule is C=NN(c1ccccc1F)c1cc(C)c(C)nc1C(=O)CC(=O)NC1CCN(C)C(C)C1. The minimum Gasteiger partial charge on any atom is -0.353 e. The normalized spacial score (nSPS) is 18.8. The smallest absolute Gasteiger partial charge is 0.228 e. The molecule has 1 N–H and O–H groups in total. The fraction of sp³-hybridized carbons (Fsp3) is 0.417. The number of pyridine rings is 1. The van der Waals surface area contributed by atoms with Crippen LogP contribution in [0.25, 0.3) is 0 Å². The molecule has 0 spiro atoms. The number of anilines is 2. The maximum Gasteiger partial charge on any atom is 0.228 e. The Labute approximate surface area is 188 Å². The molecule has 2 atom stereocenters. The predicted octanol–water partition coefficient (Wildman–Crippen LogP) is 3.76. The van der Waals surface area contributed by atoms with E-state index in [1.807, 2.05) is 6.92 Å². The Bertz CT molecular complexity index is 1030. The second kappa shape index (κ2) is 9.99. The number of likely N-dealkylation sites (tertiary alicyclic amines) is 1. The molecule has 8 heteroatoms. The largest absolute Gasteiger partial charge is 0.353 e. The molecule has 170 valence electrons. The lowest BCUT2D eigenvalue weighted by atomic mass is 9.98. The summed E-state index contributed by atoms with van der Waals surface area (Å²) in [6, 6.07) is 8.21. The molecule has 3 rings (SSSR count). The topological polar surface area (TPSA) is 77.9 Å². The van der Waals surface area contributed by atoms with E-state index in [4.69, 9.17) is 0 Å². The van der Waals surface area contributed by atoms with Crippen molar-refractivity contribution in [1.29, 1.82) is 0 Å². The Morgan fingerprint density at radius 3 is 2.69 bits per heavy atom. The molecule has 1 fully saturated rings. The van der Waals surface area contributed by atoms with Gasteiger partial charge in [-0.05, 0) is 64.4 Å². The zero-order valence-electron chi connectivity index (χ0n) is 19.1. The van der Waals surface area contributed by atoms with E-state index in [0.717, 1.165) is 24.9 Å².